The molecule has 0 atom stereocenters. The van der Waals surface area contributed by atoms with E-state index in [9.17, 15) is 13.5 Å². The van der Waals surface area contributed by atoms with Crippen molar-refractivity contribution < 1.29 is 13.5 Å². The number of benzene rings is 1. The maximum atomic E-state index is 12.4. The van der Waals surface area contributed by atoms with Crippen LogP contribution in [0, 0.1) is 5.41 Å². The Labute approximate surface area is 127 Å². The normalized spacial score (nSPS) is 15.2. The van der Waals surface area contributed by atoms with E-state index in [0.29, 0.717) is 4.90 Å². The summed E-state index contributed by atoms with van der Waals surface area (Å²) >= 11 is 0. The first-order valence-electron chi connectivity index (χ1n) is 7.68. The summed E-state index contributed by atoms with van der Waals surface area (Å²) in [7, 11) is -3.51. The summed E-state index contributed by atoms with van der Waals surface area (Å²) in [5, 5.41) is 9.54. The molecular formula is C16H25NO3S. The second-order valence-corrected chi connectivity index (χ2v) is 7.74. The Morgan fingerprint density at radius 3 is 2.48 bits per heavy atom. The zero-order valence-corrected chi connectivity index (χ0v) is 13.7. The minimum absolute atomic E-state index is 0.00723. The topological polar surface area (TPSA) is 66.4 Å². The molecule has 2 N–H and O–H groups in total. The molecule has 0 amide bonds. The minimum Gasteiger partial charge on any atom is -0.396 e. The van der Waals surface area contributed by atoms with Gasteiger partial charge in [0, 0.05) is 18.6 Å². The molecule has 0 heterocycles. The molecule has 0 fully saturated rings. The molecule has 21 heavy (non-hydrogen) atoms. The number of aliphatic hydroxyl groups is 1. The molecule has 1 aromatic carbocycles. The van der Waals surface area contributed by atoms with Crippen LogP contribution in [0.15, 0.2) is 23.1 Å². The molecule has 4 nitrogen and oxygen atoms in total. The Morgan fingerprint density at radius 1 is 1.19 bits per heavy atom. The third-order valence-electron chi connectivity index (χ3n) is 4.85. The Hall–Kier alpha value is -0.910. The predicted octanol–water partition coefficient (Wildman–Crippen LogP) is 2.25. The molecule has 1 aliphatic rings. The largest absolute Gasteiger partial charge is 0.396 e. The Bertz CT molecular complexity index is 583. The highest BCUT2D eigenvalue weighted by molar-refractivity contribution is 7.89. The minimum atomic E-state index is -3.51. The van der Waals surface area contributed by atoms with Crippen LogP contribution in [0.4, 0.5) is 0 Å². The van der Waals surface area contributed by atoms with Gasteiger partial charge in [-0.25, -0.2) is 13.1 Å². The van der Waals surface area contributed by atoms with Gasteiger partial charge in [0.25, 0.3) is 0 Å². The molecule has 1 aromatic rings. The molecule has 1 aliphatic carbocycles. The Kier molecular flexibility index (Phi) is 5.07. The van der Waals surface area contributed by atoms with E-state index in [-0.39, 0.29) is 18.6 Å². The van der Waals surface area contributed by atoms with Gasteiger partial charge in [0.1, 0.15) is 0 Å². The van der Waals surface area contributed by atoms with Crippen molar-refractivity contribution in [2.24, 2.45) is 5.41 Å². The summed E-state index contributed by atoms with van der Waals surface area (Å²) in [4.78, 5) is 0.335. The van der Waals surface area contributed by atoms with E-state index in [1.165, 1.54) is 5.56 Å². The van der Waals surface area contributed by atoms with E-state index in [0.717, 1.165) is 37.7 Å². The zero-order chi connectivity index (χ0) is 15.5. The highest BCUT2D eigenvalue weighted by atomic mass is 32.2. The third-order valence-corrected chi connectivity index (χ3v) is 6.25. The summed E-state index contributed by atoms with van der Waals surface area (Å²) in [6.07, 6.45) is 4.59. The molecule has 0 aliphatic heterocycles. The van der Waals surface area contributed by atoms with Crippen LogP contribution in [-0.2, 0) is 22.9 Å². The van der Waals surface area contributed by atoms with E-state index in [1.54, 1.807) is 12.1 Å². The number of hydrogen-bond acceptors (Lipinski definition) is 3. The van der Waals surface area contributed by atoms with E-state index >= 15 is 0 Å². The molecule has 0 saturated heterocycles. The van der Waals surface area contributed by atoms with Gasteiger partial charge in [-0.15, -0.1) is 0 Å². The number of nitrogens with one attached hydrogen (secondary N) is 1. The molecule has 0 aromatic heterocycles. The highest BCUT2D eigenvalue weighted by Gasteiger charge is 2.28. The van der Waals surface area contributed by atoms with Crippen molar-refractivity contribution >= 4 is 10.0 Å². The van der Waals surface area contributed by atoms with E-state index in [2.05, 4.69) is 4.72 Å². The summed E-state index contributed by atoms with van der Waals surface area (Å²) in [5.41, 5.74) is 2.04. The monoisotopic (exact) mass is 311 g/mol. The molecule has 0 spiro atoms. The van der Waals surface area contributed by atoms with E-state index in [4.69, 9.17) is 0 Å². The van der Waals surface area contributed by atoms with Gasteiger partial charge in [-0.3, -0.25) is 0 Å². The number of fused-ring (bicyclic) bond motifs is 1. The smallest absolute Gasteiger partial charge is 0.240 e. The van der Waals surface area contributed by atoms with Crippen molar-refractivity contribution in [3.63, 3.8) is 0 Å². The Morgan fingerprint density at radius 2 is 1.86 bits per heavy atom. The zero-order valence-electron chi connectivity index (χ0n) is 12.9. The van der Waals surface area contributed by atoms with Gasteiger partial charge in [-0.1, -0.05) is 19.9 Å². The van der Waals surface area contributed by atoms with Crippen LogP contribution in [0.25, 0.3) is 0 Å². The second kappa shape index (κ2) is 6.46. The standard InChI is InChI=1S/C16H25NO3S/c1-3-16(4-2,12-18)11-17-21(19,20)15-9-8-13-6-5-7-14(13)10-15/h8-10,17-18H,3-7,11-12H2,1-2H3. The molecule has 118 valence electrons. The van der Waals surface area contributed by atoms with Gasteiger partial charge < -0.3 is 5.11 Å². The van der Waals surface area contributed by atoms with Gasteiger partial charge in [-0.05, 0) is 55.4 Å². The van der Waals surface area contributed by atoms with Crippen LogP contribution in [0.2, 0.25) is 0 Å². The number of aryl methyl sites for hydroxylation is 2. The van der Waals surface area contributed by atoms with Crippen LogP contribution >= 0.6 is 0 Å². The van der Waals surface area contributed by atoms with Crippen LogP contribution < -0.4 is 4.72 Å². The van der Waals surface area contributed by atoms with Crippen LogP contribution in [0.3, 0.4) is 0 Å². The van der Waals surface area contributed by atoms with Gasteiger partial charge in [0.15, 0.2) is 0 Å². The van der Waals surface area contributed by atoms with Gasteiger partial charge in [0.05, 0.1) is 4.90 Å². The molecule has 0 bridgehead atoms. The summed E-state index contributed by atoms with van der Waals surface area (Å²) < 4.78 is 27.5. The van der Waals surface area contributed by atoms with Crippen LogP contribution in [-0.4, -0.2) is 26.7 Å². The molecular weight excluding hydrogens is 286 g/mol. The maximum Gasteiger partial charge on any atom is 0.240 e. The number of sulfonamides is 1. The quantitative estimate of drug-likeness (QED) is 0.811. The fraction of sp³-hybridized carbons (Fsp3) is 0.625. The lowest BCUT2D eigenvalue weighted by atomic mass is 9.84. The SMILES string of the molecule is CCC(CC)(CO)CNS(=O)(=O)c1ccc2c(c1)CCC2. The first-order chi connectivity index (χ1) is 9.96. The van der Waals surface area contributed by atoms with Crippen molar-refractivity contribution in [3.05, 3.63) is 29.3 Å². The fourth-order valence-corrected chi connectivity index (χ4v) is 4.03. The average molecular weight is 311 g/mol. The lowest BCUT2D eigenvalue weighted by Gasteiger charge is -2.29. The van der Waals surface area contributed by atoms with Crippen LogP contribution in [0.5, 0.6) is 0 Å². The van der Waals surface area contributed by atoms with Crippen molar-refractivity contribution in [1.82, 2.24) is 4.72 Å². The fourth-order valence-electron chi connectivity index (χ4n) is 2.83. The molecule has 5 heteroatoms. The highest BCUT2D eigenvalue weighted by Crippen LogP contribution is 2.27. The lowest BCUT2D eigenvalue weighted by Crippen LogP contribution is -2.39. The molecule has 0 unspecified atom stereocenters. The number of aliphatic hydroxyl groups excluding tert-OH is 1. The predicted molar refractivity (Wildman–Crippen MR) is 83.8 cm³/mol. The maximum absolute atomic E-state index is 12.4. The number of rotatable bonds is 7. The average Bonchev–Trinajstić information content (AvgIpc) is 2.96. The molecule has 0 radical (unpaired) electrons. The summed E-state index contributed by atoms with van der Waals surface area (Å²) in [5.74, 6) is 0. The van der Waals surface area contributed by atoms with Gasteiger partial charge in [0.2, 0.25) is 10.0 Å². The van der Waals surface area contributed by atoms with Gasteiger partial charge in [-0.2, -0.15) is 0 Å². The molecule has 2 rings (SSSR count). The van der Waals surface area contributed by atoms with Crippen molar-refractivity contribution in [2.45, 2.75) is 50.8 Å². The molecule has 0 saturated carbocycles. The van der Waals surface area contributed by atoms with Crippen LogP contribution in [0.1, 0.15) is 44.2 Å². The Balaban J connectivity index is 2.15. The van der Waals surface area contributed by atoms with E-state index in [1.807, 2.05) is 19.9 Å². The van der Waals surface area contributed by atoms with E-state index < -0.39 is 10.0 Å². The third kappa shape index (κ3) is 3.47. The number of hydrogen-bond donors (Lipinski definition) is 2. The lowest BCUT2D eigenvalue weighted by molar-refractivity contribution is 0.119. The first kappa shape index (κ1) is 16.5. The second-order valence-electron chi connectivity index (χ2n) is 5.97. The van der Waals surface area contributed by atoms with Crippen molar-refractivity contribution in [1.29, 1.82) is 0 Å². The van der Waals surface area contributed by atoms with Crippen molar-refractivity contribution in [2.75, 3.05) is 13.2 Å². The van der Waals surface area contributed by atoms with Gasteiger partial charge >= 0.3 is 0 Å². The summed E-state index contributed by atoms with van der Waals surface area (Å²) in [6, 6.07) is 5.41. The first-order valence-corrected chi connectivity index (χ1v) is 9.17. The summed E-state index contributed by atoms with van der Waals surface area (Å²) in [6.45, 7) is 4.22. The van der Waals surface area contributed by atoms with Crippen molar-refractivity contribution in [3.8, 4) is 0 Å².